The van der Waals surface area contributed by atoms with E-state index in [1.807, 2.05) is 35.0 Å². The van der Waals surface area contributed by atoms with Gasteiger partial charge in [-0.25, -0.2) is 18.1 Å². The van der Waals surface area contributed by atoms with Crippen LogP contribution < -0.4 is 14.8 Å². The molecule has 0 saturated heterocycles. The first-order valence-corrected chi connectivity index (χ1v) is 10.9. The van der Waals surface area contributed by atoms with Gasteiger partial charge in [-0.3, -0.25) is 4.79 Å². The van der Waals surface area contributed by atoms with Crippen LogP contribution in [0.1, 0.15) is 16.1 Å². The lowest BCUT2D eigenvalue weighted by Crippen LogP contribution is -2.18. The largest absolute Gasteiger partial charge is 0.487 e. The number of imidazole rings is 1. The second-order valence-corrected chi connectivity index (χ2v) is 8.58. The molecule has 0 aliphatic heterocycles. The van der Waals surface area contributed by atoms with E-state index in [1.54, 1.807) is 24.3 Å². The smallest absolute Gasteiger partial charge is 0.255 e. The van der Waals surface area contributed by atoms with Gasteiger partial charge in [-0.15, -0.1) is 0 Å². The van der Waals surface area contributed by atoms with Crippen molar-refractivity contribution in [3.05, 3.63) is 90.4 Å². The Morgan fingerprint density at radius 2 is 1.77 bits per heavy atom. The van der Waals surface area contributed by atoms with Crippen molar-refractivity contribution in [1.82, 2.24) is 14.1 Å². The Hall–Kier alpha value is -3.69. The maximum absolute atomic E-state index is 12.4. The van der Waals surface area contributed by atoms with Crippen LogP contribution in [0.5, 0.6) is 5.75 Å². The highest BCUT2D eigenvalue weighted by molar-refractivity contribution is 7.89. The summed E-state index contributed by atoms with van der Waals surface area (Å²) in [6.45, 7) is 0.315. The first kappa shape index (κ1) is 20.6. The molecule has 0 saturated carbocycles. The number of pyridine rings is 1. The molecule has 2 aromatic carbocycles. The van der Waals surface area contributed by atoms with E-state index < -0.39 is 10.0 Å². The van der Waals surface area contributed by atoms with Crippen LogP contribution in [-0.2, 0) is 16.6 Å². The Bertz CT molecular complexity index is 1280. The third kappa shape index (κ3) is 4.73. The highest BCUT2D eigenvalue weighted by Gasteiger charge is 2.12. The van der Waals surface area contributed by atoms with Crippen molar-refractivity contribution < 1.29 is 17.9 Å². The van der Waals surface area contributed by atoms with Crippen molar-refractivity contribution in [3.8, 4) is 5.75 Å². The molecule has 0 unspecified atom stereocenters. The van der Waals surface area contributed by atoms with Gasteiger partial charge in [0, 0.05) is 23.6 Å². The minimum absolute atomic E-state index is 0.125. The lowest BCUT2D eigenvalue weighted by atomic mass is 10.2. The molecule has 2 N–H and O–H groups in total. The number of rotatable bonds is 7. The number of nitrogens with one attached hydrogen (secondary N) is 2. The quantitative estimate of drug-likeness (QED) is 0.464. The van der Waals surface area contributed by atoms with Gasteiger partial charge in [0.1, 0.15) is 18.0 Å². The monoisotopic (exact) mass is 436 g/mol. The Morgan fingerprint density at radius 3 is 2.45 bits per heavy atom. The van der Waals surface area contributed by atoms with Crippen LogP contribution in [-0.4, -0.2) is 30.8 Å². The van der Waals surface area contributed by atoms with Crippen LogP contribution >= 0.6 is 0 Å². The lowest BCUT2D eigenvalue weighted by Gasteiger charge is -2.08. The Labute approximate surface area is 179 Å². The summed E-state index contributed by atoms with van der Waals surface area (Å²) in [6, 6.07) is 18.5. The van der Waals surface area contributed by atoms with Gasteiger partial charge in [-0.1, -0.05) is 6.07 Å². The van der Waals surface area contributed by atoms with Gasteiger partial charge < -0.3 is 14.5 Å². The van der Waals surface area contributed by atoms with E-state index in [1.165, 1.54) is 31.3 Å². The number of aromatic nitrogens is 2. The summed E-state index contributed by atoms with van der Waals surface area (Å²) in [5.74, 6) is 0.311. The first-order valence-electron chi connectivity index (χ1n) is 9.45. The van der Waals surface area contributed by atoms with E-state index in [9.17, 15) is 13.2 Å². The van der Waals surface area contributed by atoms with Gasteiger partial charge in [-0.05, 0) is 67.7 Å². The highest BCUT2D eigenvalue weighted by Crippen LogP contribution is 2.17. The number of carbonyl (C=O) groups excluding carboxylic acids is 1. The van der Waals surface area contributed by atoms with E-state index in [0.717, 1.165) is 11.3 Å². The van der Waals surface area contributed by atoms with Crippen LogP contribution in [0.3, 0.4) is 0 Å². The third-order valence-corrected chi connectivity index (χ3v) is 6.04. The molecule has 2 aromatic heterocycles. The summed E-state index contributed by atoms with van der Waals surface area (Å²) in [6.07, 6.45) is 3.83. The number of carbonyl (C=O) groups is 1. The van der Waals surface area contributed by atoms with E-state index in [2.05, 4.69) is 15.0 Å². The number of nitrogens with zero attached hydrogens (tertiary/aromatic N) is 2. The molecule has 0 bridgehead atoms. The number of benzene rings is 2. The fourth-order valence-corrected chi connectivity index (χ4v) is 3.69. The van der Waals surface area contributed by atoms with Crippen molar-refractivity contribution >= 4 is 27.3 Å². The Morgan fingerprint density at radius 1 is 1.03 bits per heavy atom. The number of anilines is 1. The number of sulfonamides is 1. The second kappa shape index (κ2) is 8.58. The average Bonchev–Trinajstić information content (AvgIpc) is 3.21. The van der Waals surface area contributed by atoms with E-state index in [0.29, 0.717) is 23.6 Å². The zero-order valence-electron chi connectivity index (χ0n) is 16.6. The van der Waals surface area contributed by atoms with E-state index in [-0.39, 0.29) is 10.8 Å². The summed E-state index contributed by atoms with van der Waals surface area (Å²) in [7, 11) is -2.17. The van der Waals surface area contributed by atoms with E-state index in [4.69, 9.17) is 4.74 Å². The summed E-state index contributed by atoms with van der Waals surface area (Å²) < 4.78 is 33.5. The standard InChI is InChI=1S/C22H20N4O4S/c1-23-31(28,29)20-11-7-17(8-12-20)25-22(27)16-5-9-19(10-6-16)30-15-18-14-26-13-3-2-4-21(26)24-18/h2-14,23H,15H2,1H3,(H,25,27). The fourth-order valence-electron chi connectivity index (χ4n) is 2.96. The lowest BCUT2D eigenvalue weighted by molar-refractivity contribution is 0.102. The maximum atomic E-state index is 12.4. The predicted octanol–water partition coefficient (Wildman–Crippen LogP) is 3.07. The van der Waals surface area contributed by atoms with Crippen molar-refractivity contribution in [2.75, 3.05) is 12.4 Å². The molecule has 4 rings (SSSR count). The molecule has 0 radical (unpaired) electrons. The molecule has 0 aliphatic carbocycles. The number of amides is 1. The molecule has 0 atom stereocenters. The molecular weight excluding hydrogens is 416 g/mol. The topological polar surface area (TPSA) is 102 Å². The molecule has 4 aromatic rings. The van der Waals surface area contributed by atoms with Crippen LogP contribution in [0.2, 0.25) is 0 Å². The molecule has 0 fully saturated rings. The predicted molar refractivity (Wildman–Crippen MR) is 117 cm³/mol. The molecule has 8 nitrogen and oxygen atoms in total. The van der Waals surface area contributed by atoms with Gasteiger partial charge in [0.05, 0.1) is 10.6 Å². The van der Waals surface area contributed by atoms with Crippen molar-refractivity contribution in [2.24, 2.45) is 0 Å². The molecule has 1 amide bonds. The average molecular weight is 436 g/mol. The zero-order chi connectivity index (χ0) is 21.8. The number of fused-ring (bicyclic) bond motifs is 1. The highest BCUT2D eigenvalue weighted by atomic mass is 32.2. The normalized spacial score (nSPS) is 11.4. The number of hydrogen-bond acceptors (Lipinski definition) is 5. The van der Waals surface area contributed by atoms with Gasteiger partial charge in [0.25, 0.3) is 5.91 Å². The summed E-state index contributed by atoms with van der Waals surface area (Å²) >= 11 is 0. The minimum atomic E-state index is -3.52. The molecule has 158 valence electrons. The third-order valence-electron chi connectivity index (χ3n) is 4.61. The Kier molecular flexibility index (Phi) is 5.70. The van der Waals surface area contributed by atoms with Crippen molar-refractivity contribution in [1.29, 1.82) is 0 Å². The maximum Gasteiger partial charge on any atom is 0.255 e. The number of ether oxygens (including phenoxy) is 1. The molecule has 31 heavy (non-hydrogen) atoms. The van der Waals surface area contributed by atoms with Crippen molar-refractivity contribution in [2.45, 2.75) is 11.5 Å². The van der Waals surface area contributed by atoms with Crippen LogP contribution in [0.15, 0.2) is 84.0 Å². The van der Waals surface area contributed by atoms with Gasteiger partial charge in [0.2, 0.25) is 10.0 Å². The molecular formula is C22H20N4O4S. The van der Waals surface area contributed by atoms with Crippen molar-refractivity contribution in [3.63, 3.8) is 0 Å². The van der Waals surface area contributed by atoms with Crippen LogP contribution in [0.25, 0.3) is 5.65 Å². The molecule has 0 aliphatic rings. The number of hydrogen-bond donors (Lipinski definition) is 2. The first-order chi connectivity index (χ1) is 14.9. The molecule has 9 heteroatoms. The summed E-state index contributed by atoms with van der Waals surface area (Å²) in [5, 5.41) is 2.74. The SMILES string of the molecule is CNS(=O)(=O)c1ccc(NC(=O)c2ccc(OCc3cn4ccccc4n3)cc2)cc1. The zero-order valence-corrected chi connectivity index (χ0v) is 17.5. The molecule has 0 spiro atoms. The Balaban J connectivity index is 1.36. The second-order valence-electron chi connectivity index (χ2n) is 6.70. The molecule has 2 heterocycles. The van der Waals surface area contributed by atoms with Gasteiger partial charge in [-0.2, -0.15) is 0 Å². The fraction of sp³-hybridized carbons (Fsp3) is 0.0909. The van der Waals surface area contributed by atoms with E-state index >= 15 is 0 Å². The van der Waals surface area contributed by atoms with Gasteiger partial charge >= 0.3 is 0 Å². The summed E-state index contributed by atoms with van der Waals surface area (Å²) in [4.78, 5) is 17.1. The van der Waals surface area contributed by atoms with Crippen LogP contribution in [0.4, 0.5) is 5.69 Å². The van der Waals surface area contributed by atoms with Gasteiger partial charge in [0.15, 0.2) is 0 Å². The van der Waals surface area contributed by atoms with Crippen LogP contribution in [0, 0.1) is 0 Å². The minimum Gasteiger partial charge on any atom is -0.487 e. The summed E-state index contributed by atoms with van der Waals surface area (Å²) in [5.41, 5.74) is 2.60.